The van der Waals surface area contributed by atoms with E-state index in [0.717, 1.165) is 5.75 Å². The molecule has 0 heterocycles. The Balaban J connectivity index is 2.02. The molecule has 2 heteroatoms. The zero-order chi connectivity index (χ0) is 11.4. The van der Waals surface area contributed by atoms with Crippen molar-refractivity contribution in [2.45, 2.75) is 38.6 Å². The first-order chi connectivity index (χ1) is 7.81. The molecule has 0 unspecified atom stereocenters. The molecule has 1 fully saturated rings. The van der Waals surface area contributed by atoms with Crippen molar-refractivity contribution in [3.8, 4) is 5.75 Å². The lowest BCUT2D eigenvalue weighted by atomic mass is 9.92. The minimum Gasteiger partial charge on any atom is -0.494 e. The molecule has 1 aliphatic carbocycles. The number of hydrogen-bond donors (Lipinski definition) is 1. The first-order valence-corrected chi connectivity index (χ1v) is 6.29. The van der Waals surface area contributed by atoms with Crippen LogP contribution in [0.25, 0.3) is 0 Å². The summed E-state index contributed by atoms with van der Waals surface area (Å²) in [7, 11) is 0. The fourth-order valence-electron chi connectivity index (χ4n) is 2.54. The van der Waals surface area contributed by atoms with Crippen molar-refractivity contribution in [1.82, 2.24) is 0 Å². The van der Waals surface area contributed by atoms with Gasteiger partial charge in [0.05, 0.1) is 6.61 Å². The maximum absolute atomic E-state index is 6.28. The summed E-state index contributed by atoms with van der Waals surface area (Å²) in [6.45, 7) is 2.71. The van der Waals surface area contributed by atoms with Gasteiger partial charge in [-0.25, -0.2) is 0 Å². The average Bonchev–Trinajstić information content (AvgIpc) is 2.83. The zero-order valence-electron chi connectivity index (χ0n) is 9.99. The van der Waals surface area contributed by atoms with Gasteiger partial charge in [-0.05, 0) is 43.4 Å². The second kappa shape index (κ2) is 5.35. The molecule has 1 atom stereocenters. The molecule has 0 spiro atoms. The highest BCUT2D eigenvalue weighted by Gasteiger charge is 2.22. The number of hydrogen-bond acceptors (Lipinski definition) is 2. The Labute approximate surface area is 97.8 Å². The van der Waals surface area contributed by atoms with Crippen LogP contribution < -0.4 is 10.5 Å². The van der Waals surface area contributed by atoms with Gasteiger partial charge in [0.25, 0.3) is 0 Å². The van der Waals surface area contributed by atoms with Crippen molar-refractivity contribution < 1.29 is 4.74 Å². The number of rotatable bonds is 4. The molecule has 88 valence electrons. The van der Waals surface area contributed by atoms with Crippen LogP contribution in [0.4, 0.5) is 0 Å². The minimum atomic E-state index is 0.207. The molecule has 2 rings (SSSR count). The number of nitrogens with two attached hydrogens (primary N) is 1. The molecule has 0 aliphatic heterocycles. The van der Waals surface area contributed by atoms with Gasteiger partial charge in [-0.2, -0.15) is 0 Å². The van der Waals surface area contributed by atoms with Gasteiger partial charge >= 0.3 is 0 Å². The number of benzene rings is 1. The van der Waals surface area contributed by atoms with E-state index in [2.05, 4.69) is 12.1 Å². The summed E-state index contributed by atoms with van der Waals surface area (Å²) < 4.78 is 5.43. The molecule has 1 aliphatic rings. The maximum atomic E-state index is 6.28. The van der Waals surface area contributed by atoms with E-state index in [1.807, 2.05) is 19.1 Å². The van der Waals surface area contributed by atoms with Crippen LogP contribution in [0.3, 0.4) is 0 Å². The molecule has 0 aromatic heterocycles. The first kappa shape index (κ1) is 11.5. The zero-order valence-corrected chi connectivity index (χ0v) is 9.99. The predicted molar refractivity (Wildman–Crippen MR) is 66.5 cm³/mol. The van der Waals surface area contributed by atoms with Crippen molar-refractivity contribution in [3.63, 3.8) is 0 Å². The predicted octanol–water partition coefficient (Wildman–Crippen LogP) is 3.28. The Morgan fingerprint density at radius 3 is 2.44 bits per heavy atom. The monoisotopic (exact) mass is 219 g/mol. The standard InChI is InChI=1S/C14H21NO/c1-2-16-13-9-7-12(8-10-13)14(15)11-5-3-4-6-11/h7-11,14H,2-6,15H2,1H3/t14-/m1/s1. The van der Waals surface area contributed by atoms with Crippen LogP contribution in [0.15, 0.2) is 24.3 Å². The summed E-state index contributed by atoms with van der Waals surface area (Å²) in [5.74, 6) is 1.61. The van der Waals surface area contributed by atoms with Gasteiger partial charge in [-0.15, -0.1) is 0 Å². The summed E-state index contributed by atoms with van der Waals surface area (Å²) in [5, 5.41) is 0. The van der Waals surface area contributed by atoms with Crippen molar-refractivity contribution in [1.29, 1.82) is 0 Å². The molecule has 0 bridgehead atoms. The van der Waals surface area contributed by atoms with E-state index in [4.69, 9.17) is 10.5 Å². The molecular formula is C14H21NO. The van der Waals surface area contributed by atoms with Gasteiger partial charge in [-0.3, -0.25) is 0 Å². The van der Waals surface area contributed by atoms with Crippen molar-refractivity contribution in [2.24, 2.45) is 11.7 Å². The summed E-state index contributed by atoms with van der Waals surface area (Å²) in [5.41, 5.74) is 7.53. The summed E-state index contributed by atoms with van der Waals surface area (Å²) >= 11 is 0. The van der Waals surface area contributed by atoms with E-state index >= 15 is 0 Å². The van der Waals surface area contributed by atoms with Crippen LogP contribution in [-0.4, -0.2) is 6.61 Å². The van der Waals surface area contributed by atoms with Crippen LogP contribution in [0.5, 0.6) is 5.75 Å². The van der Waals surface area contributed by atoms with Gasteiger partial charge in [0, 0.05) is 6.04 Å². The molecule has 2 N–H and O–H groups in total. The Morgan fingerprint density at radius 1 is 1.25 bits per heavy atom. The second-order valence-electron chi connectivity index (χ2n) is 4.57. The molecule has 1 aromatic rings. The van der Waals surface area contributed by atoms with Crippen molar-refractivity contribution in [2.75, 3.05) is 6.61 Å². The molecule has 16 heavy (non-hydrogen) atoms. The van der Waals surface area contributed by atoms with Crippen molar-refractivity contribution >= 4 is 0 Å². The van der Waals surface area contributed by atoms with E-state index in [9.17, 15) is 0 Å². The quantitative estimate of drug-likeness (QED) is 0.843. The third-order valence-electron chi connectivity index (χ3n) is 3.48. The average molecular weight is 219 g/mol. The molecule has 1 aromatic carbocycles. The smallest absolute Gasteiger partial charge is 0.119 e. The first-order valence-electron chi connectivity index (χ1n) is 6.29. The summed E-state index contributed by atoms with van der Waals surface area (Å²) in [4.78, 5) is 0. The highest BCUT2D eigenvalue weighted by molar-refractivity contribution is 5.29. The Bertz CT molecular complexity index is 314. The highest BCUT2D eigenvalue weighted by Crippen LogP contribution is 2.34. The van der Waals surface area contributed by atoms with Crippen molar-refractivity contribution in [3.05, 3.63) is 29.8 Å². The van der Waals surface area contributed by atoms with E-state index in [0.29, 0.717) is 12.5 Å². The highest BCUT2D eigenvalue weighted by atomic mass is 16.5. The van der Waals surface area contributed by atoms with Gasteiger partial charge < -0.3 is 10.5 Å². The van der Waals surface area contributed by atoms with Gasteiger partial charge in [0.2, 0.25) is 0 Å². The number of ether oxygens (including phenoxy) is 1. The van der Waals surface area contributed by atoms with Crippen LogP contribution >= 0.6 is 0 Å². The lowest BCUT2D eigenvalue weighted by Crippen LogP contribution is -2.18. The van der Waals surface area contributed by atoms with Gasteiger partial charge in [0.1, 0.15) is 5.75 Å². The van der Waals surface area contributed by atoms with E-state index < -0.39 is 0 Å². The lowest BCUT2D eigenvalue weighted by molar-refractivity contribution is 0.340. The van der Waals surface area contributed by atoms with Gasteiger partial charge in [0.15, 0.2) is 0 Å². The Morgan fingerprint density at radius 2 is 1.88 bits per heavy atom. The molecule has 0 saturated heterocycles. The third kappa shape index (κ3) is 2.56. The molecule has 2 nitrogen and oxygen atoms in total. The Kier molecular flexibility index (Phi) is 3.83. The van der Waals surface area contributed by atoms with Crippen LogP contribution in [0.1, 0.15) is 44.2 Å². The topological polar surface area (TPSA) is 35.2 Å². The molecule has 0 radical (unpaired) electrons. The normalized spacial score (nSPS) is 18.6. The fraction of sp³-hybridized carbons (Fsp3) is 0.571. The molecule has 1 saturated carbocycles. The minimum absolute atomic E-state index is 0.207. The van der Waals surface area contributed by atoms with E-state index in [-0.39, 0.29) is 6.04 Å². The SMILES string of the molecule is CCOc1ccc([C@H](N)C2CCCC2)cc1. The largest absolute Gasteiger partial charge is 0.494 e. The van der Waals surface area contributed by atoms with E-state index in [1.165, 1.54) is 31.2 Å². The fourth-order valence-corrected chi connectivity index (χ4v) is 2.54. The van der Waals surface area contributed by atoms with Crippen LogP contribution in [0.2, 0.25) is 0 Å². The summed E-state index contributed by atoms with van der Waals surface area (Å²) in [6.07, 6.45) is 5.26. The van der Waals surface area contributed by atoms with Gasteiger partial charge in [-0.1, -0.05) is 25.0 Å². The van der Waals surface area contributed by atoms with Crippen LogP contribution in [0, 0.1) is 5.92 Å². The lowest BCUT2D eigenvalue weighted by Gasteiger charge is -2.19. The third-order valence-corrected chi connectivity index (χ3v) is 3.48. The second-order valence-corrected chi connectivity index (χ2v) is 4.57. The maximum Gasteiger partial charge on any atom is 0.119 e. The van der Waals surface area contributed by atoms with Crippen LogP contribution in [-0.2, 0) is 0 Å². The van der Waals surface area contributed by atoms with E-state index in [1.54, 1.807) is 0 Å². The molecule has 0 amide bonds. The molecular weight excluding hydrogens is 198 g/mol. The summed E-state index contributed by atoms with van der Waals surface area (Å²) in [6, 6.07) is 8.46. The Hall–Kier alpha value is -1.02.